The van der Waals surface area contributed by atoms with Crippen LogP contribution in [0.5, 0.6) is 0 Å². The number of thioether (sulfide) groups is 1. The van der Waals surface area contributed by atoms with Crippen molar-refractivity contribution in [1.82, 2.24) is 25.5 Å². The standard InChI is InChI=1S/C25H34N6O5S/c1-37-11-9-19(25(35)36)29-22(32)20(12-16-6-3-2-4-7-16)30-23(33)21-8-5-10-31(21)24(34)18(26)13-17-14-27-15-28-17/h2-4,6-7,14-15,18-21H,5,8-13,26H2,1H3,(H,27,28)(H,29,32)(H,30,33)(H,35,36). The molecule has 0 bridgehead atoms. The molecule has 0 spiro atoms. The van der Waals surface area contributed by atoms with E-state index in [2.05, 4.69) is 20.6 Å². The minimum Gasteiger partial charge on any atom is -0.480 e. The van der Waals surface area contributed by atoms with Crippen LogP contribution in [0.3, 0.4) is 0 Å². The number of imidazole rings is 1. The Hall–Kier alpha value is -3.38. The van der Waals surface area contributed by atoms with E-state index in [0.717, 1.165) is 11.3 Å². The van der Waals surface area contributed by atoms with Gasteiger partial charge in [0.1, 0.15) is 18.1 Å². The molecule has 2 aromatic rings. The van der Waals surface area contributed by atoms with Crippen LogP contribution in [0.4, 0.5) is 0 Å². The minimum atomic E-state index is -1.13. The fraction of sp³-hybridized carbons (Fsp3) is 0.480. The highest BCUT2D eigenvalue weighted by molar-refractivity contribution is 7.98. The predicted molar refractivity (Wildman–Crippen MR) is 140 cm³/mol. The summed E-state index contributed by atoms with van der Waals surface area (Å²) in [5.74, 6) is -1.97. The molecule has 4 unspecified atom stereocenters. The second-order valence-electron chi connectivity index (χ2n) is 9.01. The van der Waals surface area contributed by atoms with Gasteiger partial charge in [-0.05, 0) is 36.8 Å². The summed E-state index contributed by atoms with van der Waals surface area (Å²) in [4.78, 5) is 59.6. The van der Waals surface area contributed by atoms with Gasteiger partial charge in [-0.15, -0.1) is 0 Å². The van der Waals surface area contributed by atoms with Crippen molar-refractivity contribution in [1.29, 1.82) is 0 Å². The number of hydrogen-bond donors (Lipinski definition) is 5. The first-order valence-corrected chi connectivity index (χ1v) is 13.6. The SMILES string of the molecule is CSCCC(NC(=O)C(Cc1ccccc1)NC(=O)C1CCCN1C(=O)C(N)Cc1cnc[nH]1)C(=O)O. The van der Waals surface area contributed by atoms with Crippen molar-refractivity contribution >= 4 is 35.5 Å². The van der Waals surface area contributed by atoms with Crippen molar-refractivity contribution in [3.05, 3.63) is 54.1 Å². The Kier molecular flexibility index (Phi) is 10.5. The van der Waals surface area contributed by atoms with Gasteiger partial charge in [-0.1, -0.05) is 30.3 Å². The van der Waals surface area contributed by atoms with Crippen LogP contribution in [0, 0.1) is 0 Å². The lowest BCUT2D eigenvalue weighted by molar-refractivity contribution is -0.143. The van der Waals surface area contributed by atoms with E-state index < -0.39 is 42.0 Å². The van der Waals surface area contributed by atoms with E-state index in [9.17, 15) is 24.3 Å². The fourth-order valence-corrected chi connectivity index (χ4v) is 4.80. The molecule has 0 radical (unpaired) electrons. The molecular weight excluding hydrogens is 496 g/mol. The third kappa shape index (κ3) is 8.05. The second kappa shape index (κ2) is 13.8. The summed E-state index contributed by atoms with van der Waals surface area (Å²) in [6.45, 7) is 0.388. The molecule has 1 aromatic carbocycles. The average molecular weight is 531 g/mol. The van der Waals surface area contributed by atoms with Gasteiger partial charge in [0, 0.05) is 31.3 Å². The molecule has 3 rings (SSSR count). The first-order valence-electron chi connectivity index (χ1n) is 12.2. The minimum absolute atomic E-state index is 0.174. The van der Waals surface area contributed by atoms with Gasteiger partial charge in [0.2, 0.25) is 17.7 Å². The smallest absolute Gasteiger partial charge is 0.326 e. The largest absolute Gasteiger partial charge is 0.480 e. The van der Waals surface area contributed by atoms with Gasteiger partial charge >= 0.3 is 5.97 Å². The number of nitrogens with two attached hydrogens (primary N) is 1. The first kappa shape index (κ1) is 28.2. The topological polar surface area (TPSA) is 171 Å². The molecule has 6 N–H and O–H groups in total. The highest BCUT2D eigenvalue weighted by atomic mass is 32.2. The quantitative estimate of drug-likeness (QED) is 0.246. The highest BCUT2D eigenvalue weighted by Gasteiger charge is 2.38. The number of carbonyl (C=O) groups excluding carboxylic acids is 3. The molecule has 4 atom stereocenters. The Morgan fingerprint density at radius 1 is 1.19 bits per heavy atom. The number of aromatic amines is 1. The molecule has 1 aromatic heterocycles. The molecule has 37 heavy (non-hydrogen) atoms. The van der Waals surface area contributed by atoms with E-state index in [-0.39, 0.29) is 25.2 Å². The lowest BCUT2D eigenvalue weighted by Crippen LogP contribution is -2.57. The van der Waals surface area contributed by atoms with Crippen molar-refractivity contribution < 1.29 is 24.3 Å². The van der Waals surface area contributed by atoms with Crippen molar-refractivity contribution in [2.24, 2.45) is 5.73 Å². The summed E-state index contributed by atoms with van der Waals surface area (Å²) < 4.78 is 0. The van der Waals surface area contributed by atoms with Gasteiger partial charge in [-0.2, -0.15) is 11.8 Å². The molecule has 1 saturated heterocycles. The molecule has 200 valence electrons. The van der Waals surface area contributed by atoms with Gasteiger partial charge < -0.3 is 31.4 Å². The predicted octanol–water partition coefficient (Wildman–Crippen LogP) is 0.321. The summed E-state index contributed by atoms with van der Waals surface area (Å²) in [5, 5.41) is 14.9. The number of rotatable bonds is 13. The van der Waals surface area contributed by atoms with Crippen LogP contribution in [0.25, 0.3) is 0 Å². The Labute approximate surface area is 220 Å². The van der Waals surface area contributed by atoms with Crippen molar-refractivity contribution in [3.8, 4) is 0 Å². The van der Waals surface area contributed by atoms with Crippen LogP contribution >= 0.6 is 11.8 Å². The van der Waals surface area contributed by atoms with Crippen LogP contribution in [0.1, 0.15) is 30.5 Å². The lowest BCUT2D eigenvalue weighted by Gasteiger charge is -2.28. The van der Waals surface area contributed by atoms with Crippen LogP contribution in [0.2, 0.25) is 0 Å². The van der Waals surface area contributed by atoms with Crippen LogP contribution < -0.4 is 16.4 Å². The fourth-order valence-electron chi connectivity index (χ4n) is 4.33. The number of carbonyl (C=O) groups is 4. The first-order chi connectivity index (χ1) is 17.8. The summed E-state index contributed by atoms with van der Waals surface area (Å²) in [7, 11) is 0. The number of amides is 3. The van der Waals surface area contributed by atoms with Crippen LogP contribution in [-0.4, -0.2) is 86.4 Å². The number of aromatic nitrogens is 2. The molecule has 12 heteroatoms. The zero-order valence-electron chi connectivity index (χ0n) is 20.8. The summed E-state index contributed by atoms with van der Waals surface area (Å²) >= 11 is 1.48. The van der Waals surface area contributed by atoms with Crippen LogP contribution in [0.15, 0.2) is 42.9 Å². The third-order valence-corrected chi connectivity index (χ3v) is 6.94. The van der Waals surface area contributed by atoms with Crippen molar-refractivity contribution in [3.63, 3.8) is 0 Å². The van der Waals surface area contributed by atoms with E-state index in [1.165, 1.54) is 23.0 Å². The van der Waals surface area contributed by atoms with Crippen molar-refractivity contribution in [2.75, 3.05) is 18.6 Å². The normalized spacial score (nSPS) is 17.6. The zero-order valence-corrected chi connectivity index (χ0v) is 21.6. The Bertz CT molecular complexity index is 1050. The average Bonchev–Trinajstić information content (AvgIpc) is 3.58. The van der Waals surface area contributed by atoms with Gasteiger partial charge in [0.05, 0.1) is 12.4 Å². The molecule has 2 heterocycles. The molecule has 0 aliphatic carbocycles. The second-order valence-corrected chi connectivity index (χ2v) is 9.99. The number of hydrogen-bond acceptors (Lipinski definition) is 7. The molecule has 0 saturated carbocycles. The molecule has 1 fully saturated rings. The number of aliphatic carboxylic acids is 1. The van der Waals surface area contributed by atoms with Gasteiger partial charge in [0.25, 0.3) is 0 Å². The van der Waals surface area contributed by atoms with Crippen molar-refractivity contribution in [2.45, 2.75) is 56.3 Å². The molecule has 11 nitrogen and oxygen atoms in total. The number of likely N-dealkylation sites (tertiary alicyclic amines) is 1. The number of benzene rings is 1. The number of carboxylic acids is 1. The van der Waals surface area contributed by atoms with E-state index in [1.54, 1.807) is 6.20 Å². The summed E-state index contributed by atoms with van der Waals surface area (Å²) in [6.07, 6.45) is 6.72. The number of carboxylic acid groups (broad SMARTS) is 1. The Morgan fingerprint density at radius 2 is 1.95 bits per heavy atom. The van der Waals surface area contributed by atoms with E-state index in [0.29, 0.717) is 25.1 Å². The van der Waals surface area contributed by atoms with E-state index >= 15 is 0 Å². The summed E-state index contributed by atoms with van der Waals surface area (Å²) in [6, 6.07) is 5.45. The molecule has 1 aliphatic rings. The van der Waals surface area contributed by atoms with Gasteiger partial charge in [0.15, 0.2) is 0 Å². The lowest BCUT2D eigenvalue weighted by atomic mass is 10.0. The third-order valence-electron chi connectivity index (χ3n) is 6.29. The van der Waals surface area contributed by atoms with E-state index in [1.807, 2.05) is 36.6 Å². The Morgan fingerprint density at radius 3 is 2.59 bits per heavy atom. The number of H-pyrrole nitrogens is 1. The van der Waals surface area contributed by atoms with Gasteiger partial charge in [-0.3, -0.25) is 14.4 Å². The Balaban J connectivity index is 1.71. The summed E-state index contributed by atoms with van der Waals surface area (Å²) in [5.41, 5.74) is 7.66. The maximum atomic E-state index is 13.3. The van der Waals surface area contributed by atoms with Gasteiger partial charge in [-0.25, -0.2) is 9.78 Å². The monoisotopic (exact) mass is 530 g/mol. The maximum absolute atomic E-state index is 13.3. The van der Waals surface area contributed by atoms with Crippen LogP contribution in [-0.2, 0) is 32.0 Å². The zero-order chi connectivity index (χ0) is 26.8. The molecular formula is C25H34N6O5S. The highest BCUT2D eigenvalue weighted by Crippen LogP contribution is 2.19. The van der Waals surface area contributed by atoms with E-state index in [4.69, 9.17) is 5.73 Å². The number of nitrogens with one attached hydrogen (secondary N) is 3. The molecule has 1 aliphatic heterocycles. The maximum Gasteiger partial charge on any atom is 0.326 e. The molecule has 3 amide bonds. The number of nitrogens with zero attached hydrogens (tertiary/aromatic N) is 2.